The molecule has 0 saturated heterocycles. The van der Waals surface area contributed by atoms with E-state index >= 15 is 0 Å². The third kappa shape index (κ3) is 5.71. The van der Waals surface area contributed by atoms with Crippen molar-refractivity contribution in [3.63, 3.8) is 0 Å². The van der Waals surface area contributed by atoms with Crippen molar-refractivity contribution in [1.29, 1.82) is 0 Å². The second-order valence-electron chi connectivity index (χ2n) is 4.70. The van der Waals surface area contributed by atoms with Gasteiger partial charge in [0.15, 0.2) is 0 Å². The topological polar surface area (TPSA) is 80.3 Å². The van der Waals surface area contributed by atoms with Crippen molar-refractivity contribution in [2.75, 3.05) is 13.7 Å². The molecule has 1 rings (SSSR count). The second-order valence-corrected chi connectivity index (χ2v) is 4.70. The number of benzene rings is 1. The molecule has 7 heteroatoms. The van der Waals surface area contributed by atoms with Gasteiger partial charge in [-0.15, -0.1) is 0 Å². The molecule has 0 amide bonds. The van der Waals surface area contributed by atoms with Gasteiger partial charge in [0.25, 0.3) is 0 Å². The van der Waals surface area contributed by atoms with Crippen molar-refractivity contribution in [2.24, 2.45) is 0 Å². The van der Waals surface area contributed by atoms with E-state index in [1.54, 1.807) is 26.2 Å². The highest BCUT2D eigenvalue weighted by Gasteiger charge is 2.15. The summed E-state index contributed by atoms with van der Waals surface area (Å²) < 4.78 is 9.67. The van der Waals surface area contributed by atoms with Crippen LogP contribution in [0.15, 0.2) is 18.2 Å². The fourth-order valence-corrected chi connectivity index (χ4v) is 1.54. The lowest BCUT2D eigenvalue weighted by molar-refractivity contribution is -0.452. The molecule has 22 heavy (non-hydrogen) atoms. The van der Waals surface area contributed by atoms with Gasteiger partial charge in [-0.3, -0.25) is 4.89 Å². The highest BCUT2D eigenvalue weighted by molar-refractivity contribution is 5.90. The van der Waals surface area contributed by atoms with Gasteiger partial charge < -0.3 is 9.47 Å². The van der Waals surface area contributed by atoms with Gasteiger partial charge in [0.1, 0.15) is 0 Å². The number of aryl methyl sites for hydroxylation is 1. The molecule has 1 aromatic rings. The zero-order valence-electron chi connectivity index (χ0n) is 13.1. The largest absolute Gasteiger partial charge is 0.543 e. The first kappa shape index (κ1) is 17.9. The molecular weight excluding hydrogens is 292 g/mol. The monoisotopic (exact) mass is 312 g/mol. The fourth-order valence-electron chi connectivity index (χ4n) is 1.54. The van der Waals surface area contributed by atoms with E-state index in [1.807, 2.05) is 19.9 Å². The van der Waals surface area contributed by atoms with Gasteiger partial charge in [-0.25, -0.2) is 14.5 Å². The molecule has 0 aliphatic heterocycles. The molecule has 0 fully saturated rings. The minimum atomic E-state index is -1.10. The summed E-state index contributed by atoms with van der Waals surface area (Å²) in [5.41, 5.74) is 2.01. The summed E-state index contributed by atoms with van der Waals surface area (Å²) in [4.78, 5) is 31.5. The Labute approximate surface area is 128 Å². The molecule has 122 valence electrons. The minimum absolute atomic E-state index is 0.0455. The summed E-state index contributed by atoms with van der Waals surface area (Å²) in [6.07, 6.45) is -0.638. The number of ether oxygens (including phenoxy) is 2. The van der Waals surface area contributed by atoms with Gasteiger partial charge in [0, 0.05) is 13.5 Å². The molecule has 1 unspecified atom stereocenters. The molecule has 0 aliphatic rings. The van der Waals surface area contributed by atoms with Crippen LogP contribution in [-0.4, -0.2) is 31.9 Å². The molecule has 0 radical (unpaired) electrons. The normalized spacial score (nSPS) is 11.6. The number of methoxy groups -OCH3 is 1. The Morgan fingerprint density at radius 2 is 1.91 bits per heavy atom. The van der Waals surface area contributed by atoms with Crippen LogP contribution in [0.4, 0.5) is 4.79 Å². The van der Waals surface area contributed by atoms with Crippen molar-refractivity contribution in [2.45, 2.75) is 33.3 Å². The second kappa shape index (κ2) is 9.01. The summed E-state index contributed by atoms with van der Waals surface area (Å²) in [7, 11) is 1.55. The highest BCUT2D eigenvalue weighted by Crippen LogP contribution is 2.14. The SMILES string of the molecule is COC(C)CCOC(=O)OOOC(=O)c1cccc(C)c1C. The first-order valence-corrected chi connectivity index (χ1v) is 6.77. The average molecular weight is 312 g/mol. The van der Waals surface area contributed by atoms with E-state index in [4.69, 9.17) is 4.74 Å². The number of carbonyl (C=O) groups is 2. The Hall–Kier alpha value is -2.12. The highest BCUT2D eigenvalue weighted by atomic mass is 17.5. The Balaban J connectivity index is 2.30. The molecule has 0 heterocycles. The zero-order valence-corrected chi connectivity index (χ0v) is 13.1. The Morgan fingerprint density at radius 1 is 1.18 bits per heavy atom. The number of hydrogen-bond donors (Lipinski definition) is 0. The van der Waals surface area contributed by atoms with Crippen LogP contribution in [0.3, 0.4) is 0 Å². The van der Waals surface area contributed by atoms with Crippen molar-refractivity contribution in [3.05, 3.63) is 34.9 Å². The van der Waals surface area contributed by atoms with Crippen LogP contribution >= 0.6 is 0 Å². The predicted molar refractivity (Wildman–Crippen MR) is 75.9 cm³/mol. The third-order valence-electron chi connectivity index (χ3n) is 3.18. The van der Waals surface area contributed by atoms with Gasteiger partial charge in [0.2, 0.25) is 0 Å². The summed E-state index contributed by atoms with van der Waals surface area (Å²) in [5, 5.41) is 4.14. The van der Waals surface area contributed by atoms with Crippen molar-refractivity contribution < 1.29 is 33.9 Å². The Bertz CT molecular complexity index is 513. The Kier molecular flexibility index (Phi) is 7.34. The maximum Gasteiger partial charge on any atom is 0.543 e. The molecule has 0 N–H and O–H groups in total. The van der Waals surface area contributed by atoms with Crippen molar-refractivity contribution in [1.82, 2.24) is 0 Å². The number of rotatable bonds is 7. The van der Waals surface area contributed by atoms with Crippen LogP contribution in [0, 0.1) is 13.8 Å². The maximum atomic E-state index is 11.7. The lowest BCUT2D eigenvalue weighted by Gasteiger charge is -2.09. The average Bonchev–Trinajstić information content (AvgIpc) is 2.49. The molecule has 1 atom stereocenters. The summed E-state index contributed by atoms with van der Waals surface area (Å²) >= 11 is 0. The van der Waals surface area contributed by atoms with Crippen molar-refractivity contribution >= 4 is 12.1 Å². The van der Waals surface area contributed by atoms with Gasteiger partial charge in [0.05, 0.1) is 23.3 Å². The molecule has 0 saturated carbocycles. The quantitative estimate of drug-likeness (QED) is 0.435. The van der Waals surface area contributed by atoms with Crippen LogP contribution in [0.2, 0.25) is 0 Å². The number of carbonyl (C=O) groups excluding carboxylic acids is 2. The first-order valence-electron chi connectivity index (χ1n) is 6.77. The third-order valence-corrected chi connectivity index (χ3v) is 3.18. The lowest BCUT2D eigenvalue weighted by atomic mass is 10.0. The van der Waals surface area contributed by atoms with E-state index in [0.717, 1.165) is 11.1 Å². The Morgan fingerprint density at radius 3 is 2.59 bits per heavy atom. The van der Waals surface area contributed by atoms with E-state index in [1.165, 1.54) is 0 Å². The van der Waals surface area contributed by atoms with Crippen LogP contribution in [-0.2, 0) is 24.3 Å². The van der Waals surface area contributed by atoms with Crippen LogP contribution in [0.1, 0.15) is 34.8 Å². The summed E-state index contributed by atoms with van der Waals surface area (Å²) in [5.74, 6) is -0.762. The van der Waals surface area contributed by atoms with Crippen LogP contribution in [0.25, 0.3) is 0 Å². The summed E-state index contributed by atoms with van der Waals surface area (Å²) in [6, 6.07) is 5.16. The van der Waals surface area contributed by atoms with Crippen molar-refractivity contribution in [3.8, 4) is 0 Å². The van der Waals surface area contributed by atoms with Gasteiger partial charge in [-0.1, -0.05) is 12.1 Å². The van der Waals surface area contributed by atoms with E-state index < -0.39 is 12.1 Å². The molecule has 0 bridgehead atoms. The molecule has 0 spiro atoms. The van der Waals surface area contributed by atoms with E-state index in [9.17, 15) is 9.59 Å². The van der Waals surface area contributed by atoms with E-state index in [-0.39, 0.29) is 12.7 Å². The van der Waals surface area contributed by atoms with Crippen LogP contribution in [0.5, 0.6) is 0 Å². The molecule has 1 aromatic carbocycles. The zero-order chi connectivity index (χ0) is 16.5. The molecular formula is C15H20O7. The minimum Gasteiger partial charge on any atom is -0.432 e. The van der Waals surface area contributed by atoms with Crippen LogP contribution < -0.4 is 0 Å². The maximum absolute atomic E-state index is 11.7. The molecule has 0 aliphatic carbocycles. The van der Waals surface area contributed by atoms with E-state index in [0.29, 0.717) is 12.0 Å². The van der Waals surface area contributed by atoms with Gasteiger partial charge in [-0.05, 0) is 38.0 Å². The fraction of sp³-hybridized carbons (Fsp3) is 0.467. The number of hydrogen-bond acceptors (Lipinski definition) is 7. The first-order chi connectivity index (χ1) is 10.5. The summed E-state index contributed by atoms with van der Waals surface area (Å²) in [6.45, 7) is 5.57. The van der Waals surface area contributed by atoms with Gasteiger partial charge >= 0.3 is 12.1 Å². The van der Waals surface area contributed by atoms with E-state index in [2.05, 4.69) is 19.6 Å². The molecule has 7 nitrogen and oxygen atoms in total. The lowest BCUT2D eigenvalue weighted by Crippen LogP contribution is -2.15. The van der Waals surface area contributed by atoms with Gasteiger partial charge in [-0.2, -0.15) is 0 Å². The predicted octanol–water partition coefficient (Wildman–Crippen LogP) is 2.89. The standard InChI is InChI=1S/C15H20O7/c1-10-6-5-7-13(12(10)3)14(16)20-22-21-15(17)19-9-8-11(2)18-4/h5-7,11H,8-9H2,1-4H3. The molecule has 0 aromatic heterocycles. The smallest absolute Gasteiger partial charge is 0.432 e.